The highest BCUT2D eigenvalue weighted by Gasteiger charge is 2.22. The fourth-order valence-corrected chi connectivity index (χ4v) is 1.00. The summed E-state index contributed by atoms with van der Waals surface area (Å²) in [5.74, 6) is 0. The molecule has 0 fully saturated rings. The Bertz CT molecular complexity index is 79.8. The number of alkyl halides is 2. The van der Waals surface area contributed by atoms with Crippen LogP contribution in [-0.4, -0.2) is 33.7 Å². The molecule has 0 aromatic heterocycles. The van der Waals surface area contributed by atoms with E-state index in [4.69, 9.17) is 33.4 Å². The van der Waals surface area contributed by atoms with Crippen LogP contribution in [0.3, 0.4) is 0 Å². The zero-order valence-corrected chi connectivity index (χ0v) is 7.31. The number of hydrogen-bond donors (Lipinski definition) is 2. The number of aliphatic hydroxyl groups is 2. The highest BCUT2D eigenvalue weighted by atomic mass is 35.5. The van der Waals surface area contributed by atoms with Gasteiger partial charge in [0.2, 0.25) is 0 Å². The molecule has 0 radical (unpaired) electrons. The van der Waals surface area contributed by atoms with Gasteiger partial charge in [-0.2, -0.15) is 0 Å². The molecule has 0 saturated carbocycles. The molecule has 0 unspecified atom stereocenters. The van der Waals surface area contributed by atoms with E-state index >= 15 is 0 Å². The topological polar surface area (TPSA) is 40.5 Å². The number of hydrogen-bond acceptors (Lipinski definition) is 2. The average molecular weight is 187 g/mol. The molecule has 2 nitrogen and oxygen atoms in total. The van der Waals surface area contributed by atoms with Gasteiger partial charge >= 0.3 is 0 Å². The molecule has 0 aliphatic heterocycles. The zero-order chi connectivity index (χ0) is 8.15. The molecule has 0 aromatic carbocycles. The molecule has 0 rings (SSSR count). The van der Waals surface area contributed by atoms with Crippen molar-refractivity contribution in [3.63, 3.8) is 0 Å². The van der Waals surface area contributed by atoms with Gasteiger partial charge in [0.25, 0.3) is 0 Å². The molecule has 0 spiro atoms. The summed E-state index contributed by atoms with van der Waals surface area (Å²) in [5, 5.41) is 16.6. The predicted octanol–water partition coefficient (Wildman–Crippen LogP) is 0.964. The van der Waals surface area contributed by atoms with Crippen molar-refractivity contribution < 1.29 is 10.2 Å². The SMILES string of the molecule is CC[C@@H](Cl)[C@H](O)[C@@H](Cl)CO. The second-order valence-corrected chi connectivity index (χ2v) is 3.23. The Kier molecular flexibility index (Phi) is 5.45. The van der Waals surface area contributed by atoms with E-state index in [9.17, 15) is 0 Å². The van der Waals surface area contributed by atoms with Crippen molar-refractivity contribution in [2.24, 2.45) is 0 Å². The van der Waals surface area contributed by atoms with E-state index in [0.29, 0.717) is 6.42 Å². The number of rotatable bonds is 4. The van der Waals surface area contributed by atoms with Crippen molar-refractivity contribution in [1.29, 1.82) is 0 Å². The van der Waals surface area contributed by atoms with Crippen LogP contribution in [0.15, 0.2) is 0 Å². The minimum absolute atomic E-state index is 0.244. The van der Waals surface area contributed by atoms with Crippen molar-refractivity contribution in [1.82, 2.24) is 0 Å². The zero-order valence-electron chi connectivity index (χ0n) is 5.80. The highest BCUT2D eigenvalue weighted by molar-refractivity contribution is 6.24. The van der Waals surface area contributed by atoms with E-state index in [1.807, 2.05) is 6.92 Å². The van der Waals surface area contributed by atoms with Gasteiger partial charge in [-0.15, -0.1) is 23.2 Å². The first-order valence-electron chi connectivity index (χ1n) is 3.20. The maximum absolute atomic E-state index is 9.16. The molecule has 10 heavy (non-hydrogen) atoms. The molecule has 62 valence electrons. The first kappa shape index (κ1) is 10.5. The standard InChI is InChI=1S/C6H12Cl2O2/c1-2-4(7)6(10)5(8)3-9/h4-6,9-10H,2-3H2,1H3/t4-,5+,6+/m1/s1. The number of aliphatic hydroxyl groups excluding tert-OH is 2. The van der Waals surface area contributed by atoms with E-state index in [1.165, 1.54) is 0 Å². The molecule has 0 aliphatic carbocycles. The quantitative estimate of drug-likeness (QED) is 0.643. The van der Waals surface area contributed by atoms with E-state index in [0.717, 1.165) is 0 Å². The van der Waals surface area contributed by atoms with Gasteiger partial charge in [-0.1, -0.05) is 6.92 Å². The summed E-state index contributed by atoms with van der Waals surface area (Å²) in [4.78, 5) is 0. The Balaban J connectivity index is 3.69. The van der Waals surface area contributed by atoms with E-state index in [2.05, 4.69) is 0 Å². The summed E-state index contributed by atoms with van der Waals surface area (Å²) in [6.07, 6.45) is -0.176. The van der Waals surface area contributed by atoms with E-state index in [1.54, 1.807) is 0 Å². The summed E-state index contributed by atoms with van der Waals surface area (Å²) >= 11 is 11.1. The van der Waals surface area contributed by atoms with Crippen LogP contribution in [0, 0.1) is 0 Å². The van der Waals surface area contributed by atoms with Crippen molar-refractivity contribution >= 4 is 23.2 Å². The van der Waals surface area contributed by atoms with Crippen LogP contribution in [0.5, 0.6) is 0 Å². The lowest BCUT2D eigenvalue weighted by Gasteiger charge is -2.18. The summed E-state index contributed by atoms with van der Waals surface area (Å²) in [7, 11) is 0. The molecule has 0 amide bonds. The van der Waals surface area contributed by atoms with Gasteiger partial charge in [0.15, 0.2) is 0 Å². The fraction of sp³-hybridized carbons (Fsp3) is 1.00. The third-order valence-electron chi connectivity index (χ3n) is 1.31. The van der Waals surface area contributed by atoms with E-state index < -0.39 is 11.5 Å². The molecule has 0 heterocycles. The van der Waals surface area contributed by atoms with Crippen LogP contribution in [0.2, 0.25) is 0 Å². The van der Waals surface area contributed by atoms with Crippen LogP contribution in [0.25, 0.3) is 0 Å². The normalized spacial score (nSPS) is 20.1. The predicted molar refractivity (Wildman–Crippen MR) is 42.7 cm³/mol. The molecule has 2 N–H and O–H groups in total. The number of halogens is 2. The summed E-state index contributed by atoms with van der Waals surface area (Å²) < 4.78 is 0. The van der Waals surface area contributed by atoms with Gasteiger partial charge in [0.1, 0.15) is 0 Å². The van der Waals surface area contributed by atoms with Crippen molar-refractivity contribution in [2.45, 2.75) is 30.2 Å². The van der Waals surface area contributed by atoms with Crippen LogP contribution < -0.4 is 0 Å². The maximum atomic E-state index is 9.16. The molecule has 4 heteroatoms. The minimum atomic E-state index is -0.821. The molecule has 0 aliphatic rings. The smallest absolute Gasteiger partial charge is 0.0889 e. The largest absolute Gasteiger partial charge is 0.395 e. The van der Waals surface area contributed by atoms with Gasteiger partial charge in [-0.25, -0.2) is 0 Å². The van der Waals surface area contributed by atoms with Gasteiger partial charge < -0.3 is 10.2 Å². The molecule has 0 aromatic rings. The molecule has 3 atom stereocenters. The van der Waals surface area contributed by atoms with Crippen molar-refractivity contribution in [3.05, 3.63) is 0 Å². The second kappa shape index (κ2) is 5.19. The Hall–Kier alpha value is 0.500. The molecular weight excluding hydrogens is 175 g/mol. The molecular formula is C6H12Cl2O2. The third-order valence-corrected chi connectivity index (χ3v) is 2.27. The monoisotopic (exact) mass is 186 g/mol. The molecule has 0 bridgehead atoms. The molecule has 0 saturated heterocycles. The van der Waals surface area contributed by atoms with Crippen LogP contribution >= 0.6 is 23.2 Å². The van der Waals surface area contributed by atoms with Crippen molar-refractivity contribution in [3.8, 4) is 0 Å². The van der Waals surface area contributed by atoms with E-state index in [-0.39, 0.29) is 12.0 Å². The lowest BCUT2D eigenvalue weighted by atomic mass is 10.1. The fourth-order valence-electron chi connectivity index (χ4n) is 0.576. The van der Waals surface area contributed by atoms with Crippen molar-refractivity contribution in [2.75, 3.05) is 6.61 Å². The summed E-state index contributed by atoms with van der Waals surface area (Å²) in [6.45, 7) is 1.60. The Morgan fingerprint density at radius 2 is 1.80 bits per heavy atom. The third kappa shape index (κ3) is 3.06. The highest BCUT2D eigenvalue weighted by Crippen LogP contribution is 2.14. The van der Waals surface area contributed by atoms with Crippen LogP contribution in [0.1, 0.15) is 13.3 Å². The van der Waals surface area contributed by atoms with Crippen LogP contribution in [-0.2, 0) is 0 Å². The minimum Gasteiger partial charge on any atom is -0.395 e. The summed E-state index contributed by atoms with van der Waals surface area (Å²) in [6, 6.07) is 0. The Labute approximate surface area is 70.8 Å². The Morgan fingerprint density at radius 1 is 1.30 bits per heavy atom. The van der Waals surface area contributed by atoms with Crippen LogP contribution in [0.4, 0.5) is 0 Å². The summed E-state index contributed by atoms with van der Waals surface area (Å²) in [5.41, 5.74) is 0. The van der Waals surface area contributed by atoms with Gasteiger partial charge in [0, 0.05) is 0 Å². The lowest BCUT2D eigenvalue weighted by molar-refractivity contribution is 0.132. The first-order valence-corrected chi connectivity index (χ1v) is 4.07. The van der Waals surface area contributed by atoms with Gasteiger partial charge in [-0.3, -0.25) is 0 Å². The second-order valence-electron chi connectivity index (χ2n) is 2.11. The first-order chi connectivity index (χ1) is 4.63. The maximum Gasteiger partial charge on any atom is 0.0889 e. The van der Waals surface area contributed by atoms with Gasteiger partial charge in [-0.05, 0) is 6.42 Å². The Morgan fingerprint density at radius 3 is 2.10 bits per heavy atom. The van der Waals surface area contributed by atoms with Gasteiger partial charge in [0.05, 0.1) is 23.5 Å². The average Bonchev–Trinajstić information content (AvgIpc) is 2.00. The lowest BCUT2D eigenvalue weighted by Crippen LogP contribution is -2.32.